The molecule has 386 valence electrons. The van der Waals surface area contributed by atoms with Crippen molar-refractivity contribution in [2.75, 3.05) is 6.61 Å². The Hall–Kier alpha value is -10.1. The first-order chi connectivity index (χ1) is 34.4. The maximum atomic E-state index is 14.0. The number of hydrogen-bond donors (Lipinski definition) is 19. The molecule has 1 aliphatic carbocycles. The predicted molar refractivity (Wildman–Crippen MR) is 258 cm³/mol. The minimum Gasteiger partial charge on any atom is -0.396 e. The zero-order valence-electron chi connectivity index (χ0n) is 38.0. The summed E-state index contributed by atoms with van der Waals surface area (Å²) in [4.78, 5) is 120. The van der Waals surface area contributed by atoms with E-state index >= 15 is 0 Å². The number of aliphatic hydroxyl groups excluding tert-OH is 2. The topological polar surface area (TPSA) is 595 Å². The second-order valence-electron chi connectivity index (χ2n) is 15.3. The van der Waals surface area contributed by atoms with Gasteiger partial charge in [0.1, 0.15) is 6.04 Å². The molecule has 0 heterocycles. The third-order valence-electron chi connectivity index (χ3n) is 10.0. The standard InChI is InChI=1S/C41H52N22O10/c42-13-21-19-11-17-9-5-4-8-16(17)10-18(19)12-20(21)22(14-64)30(66)63-37(73)36(72)53-23(15-6-2-1-3-7-15)31(67)55-27(60-39(47)48)33(69)57-29(62-41(51)52)35(71)58-28(61-40(49)50)34(70)56-26(59-38(45)46)32(68)54-24(43)25(44)65/h1-12,20,22-24,26-29,37,64,73H,14,43H2,(H2,44,65)(H,53,72)(H,54,68)(H,55,67)(H,56,70)(H,57,69)(H,58,71)(H,63,66)(H4,45,46,59)(H4,47,48,60)(H4,49,50,61)(H4,51,52,62). The molecule has 73 heavy (non-hydrogen) atoms. The molecule has 0 aliphatic heterocycles. The van der Waals surface area contributed by atoms with Gasteiger partial charge < -0.3 is 105 Å². The van der Waals surface area contributed by atoms with Crippen molar-refractivity contribution in [3.8, 4) is 6.07 Å². The lowest BCUT2D eigenvalue weighted by atomic mass is 9.87. The van der Waals surface area contributed by atoms with E-state index in [1.165, 1.54) is 24.3 Å². The molecule has 8 amide bonds. The number of guanidine groups is 4. The predicted octanol–water partition coefficient (Wildman–Crippen LogP) is -11.4. The lowest BCUT2D eigenvalue weighted by Gasteiger charge is -2.25. The molecule has 32 heteroatoms. The number of aliphatic hydroxyl groups is 2. The molecular formula is C41H52N22O10. The van der Waals surface area contributed by atoms with Crippen LogP contribution >= 0.6 is 0 Å². The summed E-state index contributed by atoms with van der Waals surface area (Å²) >= 11 is 0. The highest BCUT2D eigenvalue weighted by Gasteiger charge is 2.37. The summed E-state index contributed by atoms with van der Waals surface area (Å²) < 4.78 is 0. The van der Waals surface area contributed by atoms with Gasteiger partial charge in [-0.25, -0.2) is 20.0 Å². The van der Waals surface area contributed by atoms with E-state index in [0.717, 1.165) is 10.8 Å². The van der Waals surface area contributed by atoms with E-state index in [1.807, 2.05) is 51.6 Å². The molecule has 9 unspecified atom stereocenters. The van der Waals surface area contributed by atoms with Crippen molar-refractivity contribution in [2.24, 2.45) is 89.1 Å². The van der Waals surface area contributed by atoms with Crippen LogP contribution in [-0.2, 0) is 38.4 Å². The van der Waals surface area contributed by atoms with Gasteiger partial charge in [-0.1, -0.05) is 60.7 Å². The first kappa shape index (κ1) is 55.5. The maximum absolute atomic E-state index is 14.0. The first-order valence-electron chi connectivity index (χ1n) is 21.0. The maximum Gasteiger partial charge on any atom is 0.270 e. The number of carbonyl (C=O) groups is 8. The normalized spacial score (nSPS) is 15.5. The van der Waals surface area contributed by atoms with E-state index in [1.54, 1.807) is 18.2 Å². The molecule has 3 aromatic carbocycles. The number of hydrogen-bond acceptors (Lipinski definition) is 16. The highest BCUT2D eigenvalue weighted by Crippen LogP contribution is 2.26. The second-order valence-corrected chi connectivity index (χ2v) is 15.3. The van der Waals surface area contributed by atoms with E-state index in [-0.39, 0.29) is 11.1 Å². The van der Waals surface area contributed by atoms with Crippen LogP contribution in [0.5, 0.6) is 0 Å². The number of primary amides is 1. The highest BCUT2D eigenvalue weighted by atomic mass is 16.3. The van der Waals surface area contributed by atoms with Crippen LogP contribution < -0.4 is 105 Å². The van der Waals surface area contributed by atoms with Gasteiger partial charge in [-0.05, 0) is 38.9 Å². The van der Waals surface area contributed by atoms with Crippen LogP contribution in [0.15, 0.2) is 86.7 Å². The number of aliphatic imine (C=N–C) groups is 4. The van der Waals surface area contributed by atoms with Crippen molar-refractivity contribution in [3.63, 3.8) is 0 Å². The van der Waals surface area contributed by atoms with Crippen molar-refractivity contribution < 1.29 is 48.6 Å². The molecule has 32 nitrogen and oxygen atoms in total. The van der Waals surface area contributed by atoms with Gasteiger partial charge in [-0.2, -0.15) is 5.26 Å². The zero-order chi connectivity index (χ0) is 54.3. The molecule has 0 radical (unpaired) electrons. The van der Waals surface area contributed by atoms with Gasteiger partial charge in [0.05, 0.1) is 18.6 Å². The van der Waals surface area contributed by atoms with Crippen LogP contribution in [0.1, 0.15) is 11.6 Å². The Bertz CT molecular complexity index is 2930. The lowest BCUT2D eigenvalue weighted by molar-refractivity contribution is -0.141. The Morgan fingerprint density at radius 3 is 1.41 bits per heavy atom. The Balaban J connectivity index is 1.55. The highest BCUT2D eigenvalue weighted by molar-refractivity contribution is 6.00. The number of benzene rings is 3. The number of carbonyl (C=O) groups excluding carboxylic acids is 8. The SMILES string of the molecule is N#CC1=c2cc3ccccc3cc2=CC1C(CO)C(=O)NC(O)C(=O)NC(C(=O)NC(N=C(N)N)C(=O)NC(N=C(N)N)C(=O)NC(N=C(N)N)C(=O)NC(N=C(N)N)C(=O)NC(N)C(N)=O)c1ccccc1. The van der Waals surface area contributed by atoms with Crippen molar-refractivity contribution >= 4 is 93.5 Å². The van der Waals surface area contributed by atoms with Crippen LogP contribution in [0.3, 0.4) is 0 Å². The minimum atomic E-state index is -2.38. The van der Waals surface area contributed by atoms with Crippen molar-refractivity contribution in [2.45, 2.75) is 43.1 Å². The number of rotatable bonds is 22. The molecule has 1 aliphatic rings. The molecular weight excluding hydrogens is 961 g/mol. The fraction of sp³-hybridized carbons (Fsp3) is 0.244. The lowest BCUT2D eigenvalue weighted by Crippen LogP contribution is -2.60. The second kappa shape index (κ2) is 24.9. The zero-order valence-corrected chi connectivity index (χ0v) is 38.0. The summed E-state index contributed by atoms with van der Waals surface area (Å²) in [7, 11) is 0. The Morgan fingerprint density at radius 2 is 0.986 bits per heavy atom. The monoisotopic (exact) mass is 1010 g/mol. The van der Waals surface area contributed by atoms with Gasteiger partial charge in [0.2, 0.25) is 42.7 Å². The van der Waals surface area contributed by atoms with Crippen LogP contribution in [0, 0.1) is 23.2 Å². The van der Waals surface area contributed by atoms with E-state index in [9.17, 15) is 53.8 Å². The summed E-state index contributed by atoms with van der Waals surface area (Å²) in [6, 6.07) is 18.4. The summed E-state index contributed by atoms with van der Waals surface area (Å²) in [5.41, 5.74) is 54.4. The Kier molecular flexibility index (Phi) is 19.0. The molecule has 29 N–H and O–H groups in total. The van der Waals surface area contributed by atoms with Crippen molar-refractivity contribution in [3.05, 3.63) is 82.7 Å². The van der Waals surface area contributed by atoms with Crippen molar-refractivity contribution in [1.82, 2.24) is 37.2 Å². The van der Waals surface area contributed by atoms with E-state index in [2.05, 4.69) is 42.0 Å². The van der Waals surface area contributed by atoms with E-state index in [4.69, 9.17) is 57.3 Å². The quantitative estimate of drug-likeness (QED) is 0.0252. The van der Waals surface area contributed by atoms with Crippen LogP contribution in [0.25, 0.3) is 22.4 Å². The van der Waals surface area contributed by atoms with Crippen LogP contribution in [-0.4, -0.2) is 125 Å². The Morgan fingerprint density at radius 1 is 0.562 bits per heavy atom. The average molecular weight is 1010 g/mol. The molecule has 0 saturated heterocycles. The molecule has 4 rings (SSSR count). The number of nitrogens with zero attached hydrogens (tertiary/aromatic N) is 5. The molecule has 0 aromatic heterocycles. The van der Waals surface area contributed by atoms with Gasteiger partial charge in [0.25, 0.3) is 35.4 Å². The smallest absolute Gasteiger partial charge is 0.270 e. The fourth-order valence-electron chi connectivity index (χ4n) is 6.76. The molecule has 0 spiro atoms. The van der Waals surface area contributed by atoms with Gasteiger partial charge in [-0.3, -0.25) is 38.4 Å². The van der Waals surface area contributed by atoms with Crippen molar-refractivity contribution in [1.29, 1.82) is 5.26 Å². The Labute approximate surface area is 411 Å². The van der Waals surface area contributed by atoms with Gasteiger partial charge in [-0.15, -0.1) is 0 Å². The summed E-state index contributed by atoms with van der Waals surface area (Å²) in [6.07, 6.45) is -11.3. The minimum absolute atomic E-state index is 0.0278. The average Bonchev–Trinajstić information content (AvgIpc) is 3.67. The van der Waals surface area contributed by atoms with Gasteiger partial charge >= 0.3 is 0 Å². The third-order valence-corrected chi connectivity index (χ3v) is 10.0. The number of amides is 8. The molecule has 0 saturated carbocycles. The van der Waals surface area contributed by atoms with E-state index < -0.39 is 133 Å². The van der Waals surface area contributed by atoms with E-state index in [0.29, 0.717) is 10.4 Å². The summed E-state index contributed by atoms with van der Waals surface area (Å²) in [5, 5.41) is 48.6. The molecule has 0 fully saturated rings. The largest absolute Gasteiger partial charge is 0.396 e. The van der Waals surface area contributed by atoms with Crippen LogP contribution in [0.2, 0.25) is 0 Å². The van der Waals surface area contributed by atoms with Crippen LogP contribution in [0.4, 0.5) is 0 Å². The van der Waals surface area contributed by atoms with Gasteiger partial charge in [0, 0.05) is 11.5 Å². The fourth-order valence-corrected chi connectivity index (χ4v) is 6.76. The number of nitriles is 1. The van der Waals surface area contributed by atoms with Gasteiger partial charge in [0.15, 0.2) is 30.0 Å². The third kappa shape index (κ3) is 15.2. The molecule has 0 bridgehead atoms. The first-order valence-corrected chi connectivity index (χ1v) is 21.0. The molecule has 9 atom stereocenters. The molecule has 3 aromatic rings. The number of nitrogens with two attached hydrogens (primary N) is 10. The summed E-state index contributed by atoms with van der Waals surface area (Å²) in [5.74, 6) is -16.1. The number of fused-ring (bicyclic) bond motifs is 2. The number of nitrogens with one attached hydrogen (secondary N) is 7. The summed E-state index contributed by atoms with van der Waals surface area (Å²) in [6.45, 7) is -0.820.